The molecule has 2 rings (SSSR count). The summed E-state index contributed by atoms with van der Waals surface area (Å²) in [4.78, 5) is 25.5. The van der Waals surface area contributed by atoms with Gasteiger partial charge in [0.25, 0.3) is 5.91 Å². The molecule has 0 aliphatic rings. The number of carbonyl (C=O) groups is 2. The third kappa shape index (κ3) is 6.53. The highest BCUT2D eigenvalue weighted by Crippen LogP contribution is 2.28. The van der Waals surface area contributed by atoms with Gasteiger partial charge in [-0.25, -0.2) is 0 Å². The number of hydrogen-bond donors (Lipinski definition) is 1. The maximum absolute atomic E-state index is 12.1. The Kier molecular flexibility index (Phi) is 8.03. The topological polar surface area (TPSA) is 67.9 Å². The van der Waals surface area contributed by atoms with Crippen LogP contribution in [0.1, 0.15) is 21.5 Å². The molecule has 6 nitrogen and oxygen atoms in total. The van der Waals surface area contributed by atoms with Crippen molar-refractivity contribution in [2.75, 3.05) is 27.8 Å². The fourth-order valence-corrected chi connectivity index (χ4v) is 2.50. The van der Waals surface area contributed by atoms with Crippen molar-refractivity contribution in [2.45, 2.75) is 6.54 Å². The minimum atomic E-state index is -0.218. The molecular weight excluding hydrogens is 368 g/mol. The number of nitrogens with one attached hydrogen (secondary N) is 1. The Balaban J connectivity index is 1.92. The highest BCUT2D eigenvalue weighted by atomic mass is 16.5. The van der Waals surface area contributed by atoms with E-state index in [-0.39, 0.29) is 11.8 Å². The number of carbonyl (C=O) groups excluding carboxylic acids is 2. The first kappa shape index (κ1) is 21.8. The molecule has 2 aromatic carbocycles. The number of hydrogen-bond acceptors (Lipinski definition) is 4. The van der Waals surface area contributed by atoms with Crippen LogP contribution in [0.2, 0.25) is 0 Å². The number of benzene rings is 2. The van der Waals surface area contributed by atoms with E-state index >= 15 is 0 Å². The van der Waals surface area contributed by atoms with Gasteiger partial charge in [-0.1, -0.05) is 30.9 Å². The van der Waals surface area contributed by atoms with Gasteiger partial charge >= 0.3 is 0 Å². The fourth-order valence-electron chi connectivity index (χ4n) is 2.50. The number of amides is 2. The van der Waals surface area contributed by atoms with Gasteiger partial charge in [0.1, 0.15) is 6.61 Å². The zero-order valence-electron chi connectivity index (χ0n) is 17.0. The molecule has 0 saturated carbocycles. The second-order valence-corrected chi connectivity index (χ2v) is 6.46. The van der Waals surface area contributed by atoms with Gasteiger partial charge in [0.15, 0.2) is 11.5 Å². The molecule has 0 saturated heterocycles. The third-order valence-corrected chi connectivity index (χ3v) is 4.05. The second kappa shape index (κ2) is 10.7. The Morgan fingerprint density at radius 3 is 2.45 bits per heavy atom. The highest BCUT2D eigenvalue weighted by molar-refractivity contribution is 5.94. The summed E-state index contributed by atoms with van der Waals surface area (Å²) in [7, 11) is 4.98. The minimum absolute atomic E-state index is 0.0557. The molecule has 152 valence electrons. The summed E-state index contributed by atoms with van der Waals surface area (Å²) < 4.78 is 10.8. The third-order valence-electron chi connectivity index (χ3n) is 4.05. The van der Waals surface area contributed by atoms with E-state index in [2.05, 4.69) is 11.9 Å². The lowest BCUT2D eigenvalue weighted by Gasteiger charge is -2.10. The van der Waals surface area contributed by atoms with E-state index in [1.807, 2.05) is 18.2 Å². The van der Waals surface area contributed by atoms with Crippen molar-refractivity contribution in [3.63, 3.8) is 0 Å². The molecule has 0 bridgehead atoms. The number of rotatable bonds is 9. The summed E-state index contributed by atoms with van der Waals surface area (Å²) in [6.07, 6.45) is 4.82. The molecule has 1 N–H and O–H groups in total. The first-order valence-electron chi connectivity index (χ1n) is 9.13. The lowest BCUT2D eigenvalue weighted by molar-refractivity contribution is -0.116. The Morgan fingerprint density at radius 1 is 1.10 bits per heavy atom. The summed E-state index contributed by atoms with van der Waals surface area (Å²) in [5.74, 6) is 0.927. The summed E-state index contributed by atoms with van der Waals surface area (Å²) in [5, 5.41) is 2.82. The molecule has 0 radical (unpaired) electrons. The van der Waals surface area contributed by atoms with Crippen molar-refractivity contribution in [1.82, 2.24) is 10.2 Å². The average molecular weight is 394 g/mol. The Bertz CT molecular complexity index is 886. The SMILES string of the molecule is C=CCOc1ccc(/C=C/C(=O)NCc2ccc(C(=O)N(C)C)cc2)cc1OC. The standard InChI is InChI=1S/C23H26N2O4/c1-5-14-29-20-12-8-17(15-21(20)28-4)9-13-22(26)24-16-18-6-10-19(11-7-18)23(27)25(2)3/h5-13,15H,1,14,16H2,2-4H3,(H,24,26)/b13-9+. The lowest BCUT2D eigenvalue weighted by Crippen LogP contribution is -2.22. The van der Waals surface area contributed by atoms with Crippen LogP contribution in [-0.2, 0) is 11.3 Å². The predicted molar refractivity (Wildman–Crippen MR) is 114 cm³/mol. The minimum Gasteiger partial charge on any atom is -0.493 e. The van der Waals surface area contributed by atoms with E-state index in [4.69, 9.17) is 9.47 Å². The first-order valence-corrected chi connectivity index (χ1v) is 9.13. The van der Waals surface area contributed by atoms with Crippen molar-refractivity contribution < 1.29 is 19.1 Å². The van der Waals surface area contributed by atoms with E-state index < -0.39 is 0 Å². The maximum atomic E-state index is 12.1. The molecule has 0 aliphatic heterocycles. The predicted octanol–water partition coefficient (Wildman–Crippen LogP) is 3.29. The van der Waals surface area contributed by atoms with Gasteiger partial charge in [0.05, 0.1) is 7.11 Å². The molecular formula is C23H26N2O4. The molecule has 0 unspecified atom stereocenters. The number of ether oxygens (including phenoxy) is 2. The van der Waals surface area contributed by atoms with Gasteiger partial charge in [-0.3, -0.25) is 9.59 Å². The molecule has 2 amide bonds. The Morgan fingerprint density at radius 2 is 1.83 bits per heavy atom. The van der Waals surface area contributed by atoms with Crippen LogP contribution in [0.5, 0.6) is 11.5 Å². The largest absolute Gasteiger partial charge is 0.493 e. The van der Waals surface area contributed by atoms with Crippen molar-refractivity contribution in [3.05, 3.63) is 77.9 Å². The van der Waals surface area contributed by atoms with Gasteiger partial charge < -0.3 is 19.7 Å². The van der Waals surface area contributed by atoms with E-state index in [1.165, 1.54) is 11.0 Å². The van der Waals surface area contributed by atoms with Gasteiger partial charge in [0.2, 0.25) is 5.91 Å². The van der Waals surface area contributed by atoms with E-state index in [1.54, 1.807) is 57.6 Å². The van der Waals surface area contributed by atoms with Crippen molar-refractivity contribution in [1.29, 1.82) is 0 Å². The number of nitrogens with zero attached hydrogens (tertiary/aromatic N) is 1. The molecule has 0 atom stereocenters. The zero-order valence-corrected chi connectivity index (χ0v) is 17.0. The highest BCUT2D eigenvalue weighted by Gasteiger charge is 2.07. The average Bonchev–Trinajstić information content (AvgIpc) is 2.74. The van der Waals surface area contributed by atoms with E-state index in [9.17, 15) is 9.59 Å². The van der Waals surface area contributed by atoms with Crippen LogP contribution in [-0.4, -0.2) is 44.5 Å². The molecule has 6 heteroatoms. The van der Waals surface area contributed by atoms with Crippen molar-refractivity contribution in [3.8, 4) is 11.5 Å². The Hall–Kier alpha value is -3.54. The van der Waals surface area contributed by atoms with Crippen LogP contribution in [0.4, 0.5) is 0 Å². The summed E-state index contributed by atoms with van der Waals surface area (Å²) in [6.45, 7) is 4.38. The van der Waals surface area contributed by atoms with Crippen molar-refractivity contribution in [2.24, 2.45) is 0 Å². The summed E-state index contributed by atoms with van der Waals surface area (Å²) >= 11 is 0. The van der Waals surface area contributed by atoms with Crippen LogP contribution >= 0.6 is 0 Å². The van der Waals surface area contributed by atoms with Gasteiger partial charge in [-0.15, -0.1) is 0 Å². The van der Waals surface area contributed by atoms with Gasteiger partial charge in [-0.2, -0.15) is 0 Å². The first-order chi connectivity index (χ1) is 13.9. The molecule has 0 aromatic heterocycles. The van der Waals surface area contributed by atoms with E-state index in [0.717, 1.165) is 11.1 Å². The summed E-state index contributed by atoms with van der Waals surface area (Å²) in [5.41, 5.74) is 2.33. The van der Waals surface area contributed by atoms with Crippen LogP contribution in [0, 0.1) is 0 Å². The zero-order chi connectivity index (χ0) is 21.2. The lowest BCUT2D eigenvalue weighted by atomic mass is 10.1. The van der Waals surface area contributed by atoms with Crippen LogP contribution in [0.3, 0.4) is 0 Å². The fraction of sp³-hybridized carbons (Fsp3) is 0.217. The van der Waals surface area contributed by atoms with Gasteiger partial charge in [-0.05, 0) is 41.5 Å². The molecule has 29 heavy (non-hydrogen) atoms. The normalized spacial score (nSPS) is 10.4. The summed E-state index contributed by atoms with van der Waals surface area (Å²) in [6, 6.07) is 12.6. The quantitative estimate of drug-likeness (QED) is 0.523. The molecule has 0 fully saturated rings. The monoisotopic (exact) mass is 394 g/mol. The maximum Gasteiger partial charge on any atom is 0.253 e. The van der Waals surface area contributed by atoms with Crippen LogP contribution in [0.25, 0.3) is 6.08 Å². The van der Waals surface area contributed by atoms with Crippen LogP contribution < -0.4 is 14.8 Å². The molecule has 0 spiro atoms. The second-order valence-electron chi connectivity index (χ2n) is 6.46. The number of methoxy groups -OCH3 is 1. The molecule has 2 aromatic rings. The molecule has 0 heterocycles. The van der Waals surface area contributed by atoms with E-state index in [0.29, 0.717) is 30.2 Å². The van der Waals surface area contributed by atoms with Crippen molar-refractivity contribution >= 4 is 17.9 Å². The Labute approximate surface area is 171 Å². The molecule has 0 aliphatic carbocycles. The smallest absolute Gasteiger partial charge is 0.253 e. The van der Waals surface area contributed by atoms with Crippen LogP contribution in [0.15, 0.2) is 61.2 Å². The van der Waals surface area contributed by atoms with Gasteiger partial charge in [0, 0.05) is 32.3 Å².